The van der Waals surface area contributed by atoms with E-state index in [2.05, 4.69) is 5.32 Å². The number of aromatic carboxylic acids is 1. The van der Waals surface area contributed by atoms with E-state index in [1.54, 1.807) is 32.9 Å². The lowest BCUT2D eigenvalue weighted by Crippen LogP contribution is -2.44. The standard InChI is InChI=1S/C19H27NO5S/c1-12(2)17(26(24,25)15-7-5-4-6-8-15)18(21)20-14-10-9-13(3)16(11-14)19(22)23/h9-12,15,17H,4-8H2,1-3H3,(H,20,21)(H,22,23). The molecule has 1 unspecified atom stereocenters. The molecule has 2 N–H and O–H groups in total. The van der Waals surface area contributed by atoms with Crippen molar-refractivity contribution >= 4 is 27.4 Å². The molecule has 1 aromatic carbocycles. The molecule has 6 nitrogen and oxygen atoms in total. The predicted molar refractivity (Wildman–Crippen MR) is 101 cm³/mol. The summed E-state index contributed by atoms with van der Waals surface area (Å²) < 4.78 is 26.1. The molecule has 7 heteroatoms. The minimum atomic E-state index is -3.61. The number of benzene rings is 1. The van der Waals surface area contributed by atoms with Crippen LogP contribution in [0.1, 0.15) is 61.9 Å². The molecule has 0 heterocycles. The van der Waals surface area contributed by atoms with Gasteiger partial charge in [-0.3, -0.25) is 4.79 Å². The fraction of sp³-hybridized carbons (Fsp3) is 0.579. The number of carboxylic acids is 1. The Morgan fingerprint density at radius 3 is 2.31 bits per heavy atom. The van der Waals surface area contributed by atoms with Crippen LogP contribution in [0, 0.1) is 12.8 Å². The van der Waals surface area contributed by atoms with Gasteiger partial charge in [-0.05, 0) is 43.4 Å². The van der Waals surface area contributed by atoms with Gasteiger partial charge < -0.3 is 10.4 Å². The lowest BCUT2D eigenvalue weighted by molar-refractivity contribution is -0.116. The minimum Gasteiger partial charge on any atom is -0.478 e. The van der Waals surface area contributed by atoms with Gasteiger partial charge in [-0.25, -0.2) is 13.2 Å². The summed E-state index contributed by atoms with van der Waals surface area (Å²) in [6, 6.07) is 4.55. The zero-order valence-electron chi connectivity index (χ0n) is 15.5. The summed E-state index contributed by atoms with van der Waals surface area (Å²) in [6.45, 7) is 5.12. The van der Waals surface area contributed by atoms with Gasteiger partial charge >= 0.3 is 5.97 Å². The summed E-state index contributed by atoms with van der Waals surface area (Å²) in [5.74, 6) is -2.05. The van der Waals surface area contributed by atoms with Crippen LogP contribution in [0.5, 0.6) is 0 Å². The van der Waals surface area contributed by atoms with Gasteiger partial charge in [0.05, 0.1) is 10.8 Å². The number of carbonyl (C=O) groups is 2. The number of rotatable bonds is 6. The van der Waals surface area contributed by atoms with Crippen molar-refractivity contribution in [3.05, 3.63) is 29.3 Å². The Labute approximate surface area is 154 Å². The van der Waals surface area contributed by atoms with Crippen LogP contribution >= 0.6 is 0 Å². The maximum absolute atomic E-state index is 13.0. The minimum absolute atomic E-state index is 0.0824. The van der Waals surface area contributed by atoms with Gasteiger partial charge in [0.2, 0.25) is 5.91 Å². The van der Waals surface area contributed by atoms with Crippen LogP contribution in [0.4, 0.5) is 5.69 Å². The zero-order valence-corrected chi connectivity index (χ0v) is 16.3. The number of sulfone groups is 1. The molecule has 0 spiro atoms. The summed E-state index contributed by atoms with van der Waals surface area (Å²) in [5, 5.41) is 10.2. The summed E-state index contributed by atoms with van der Waals surface area (Å²) in [5.41, 5.74) is 0.951. The maximum Gasteiger partial charge on any atom is 0.336 e. The van der Waals surface area contributed by atoms with E-state index in [1.807, 2.05) is 0 Å². The number of carbonyl (C=O) groups excluding carboxylic acids is 1. The highest BCUT2D eigenvalue weighted by Crippen LogP contribution is 2.29. The number of nitrogens with one attached hydrogen (secondary N) is 1. The largest absolute Gasteiger partial charge is 0.478 e. The molecule has 1 aromatic rings. The summed E-state index contributed by atoms with van der Waals surface area (Å²) in [6.07, 6.45) is 3.98. The molecule has 0 aromatic heterocycles. The van der Waals surface area contributed by atoms with E-state index in [-0.39, 0.29) is 11.5 Å². The SMILES string of the molecule is Cc1ccc(NC(=O)C(C(C)C)S(=O)(=O)C2CCCCC2)cc1C(=O)O. The van der Waals surface area contributed by atoms with Gasteiger partial charge in [-0.1, -0.05) is 39.2 Å². The summed E-state index contributed by atoms with van der Waals surface area (Å²) in [4.78, 5) is 24.0. The van der Waals surface area contributed by atoms with Crippen LogP contribution < -0.4 is 5.32 Å². The molecular formula is C19H27NO5S. The van der Waals surface area contributed by atoms with Gasteiger partial charge in [0.15, 0.2) is 9.84 Å². The van der Waals surface area contributed by atoms with E-state index in [0.29, 0.717) is 24.1 Å². The average molecular weight is 381 g/mol. The number of anilines is 1. The fourth-order valence-electron chi connectivity index (χ4n) is 3.58. The van der Waals surface area contributed by atoms with Crippen LogP contribution in [0.15, 0.2) is 18.2 Å². The Balaban J connectivity index is 2.26. The van der Waals surface area contributed by atoms with Crippen LogP contribution in [-0.4, -0.2) is 35.9 Å². The number of aryl methyl sites for hydroxylation is 1. The quantitative estimate of drug-likeness (QED) is 0.786. The van der Waals surface area contributed by atoms with Crippen molar-refractivity contribution < 1.29 is 23.1 Å². The van der Waals surface area contributed by atoms with Crippen LogP contribution in [0.25, 0.3) is 0 Å². The van der Waals surface area contributed by atoms with E-state index in [0.717, 1.165) is 19.3 Å². The first kappa shape index (κ1) is 20.4. The molecular weight excluding hydrogens is 354 g/mol. The summed E-state index contributed by atoms with van der Waals surface area (Å²) >= 11 is 0. The lowest BCUT2D eigenvalue weighted by Gasteiger charge is -2.28. The molecule has 1 fully saturated rings. The molecule has 1 aliphatic carbocycles. The lowest BCUT2D eigenvalue weighted by atomic mass is 10.0. The molecule has 1 aliphatic rings. The Bertz CT molecular complexity index is 779. The maximum atomic E-state index is 13.0. The van der Waals surface area contributed by atoms with Crippen LogP contribution in [-0.2, 0) is 14.6 Å². The molecule has 1 amide bonds. The Morgan fingerprint density at radius 1 is 1.15 bits per heavy atom. The van der Waals surface area contributed by atoms with Crippen molar-refractivity contribution in [1.82, 2.24) is 0 Å². The predicted octanol–water partition coefficient (Wildman–Crippen LogP) is 3.40. The zero-order chi connectivity index (χ0) is 19.5. The van der Waals surface area contributed by atoms with E-state index in [4.69, 9.17) is 0 Å². The molecule has 2 rings (SSSR count). The third-order valence-corrected chi connectivity index (χ3v) is 7.84. The van der Waals surface area contributed by atoms with Crippen molar-refractivity contribution in [1.29, 1.82) is 0 Å². The Hall–Kier alpha value is -1.89. The number of carboxylic acid groups (broad SMARTS) is 1. The Morgan fingerprint density at radius 2 is 1.77 bits per heavy atom. The number of hydrogen-bond acceptors (Lipinski definition) is 4. The molecule has 26 heavy (non-hydrogen) atoms. The Kier molecular flexibility index (Phi) is 6.44. The fourth-order valence-corrected chi connectivity index (χ4v) is 6.10. The first-order valence-electron chi connectivity index (χ1n) is 9.02. The van der Waals surface area contributed by atoms with Gasteiger partial charge in [0.25, 0.3) is 0 Å². The first-order valence-corrected chi connectivity index (χ1v) is 10.6. The van der Waals surface area contributed by atoms with Crippen LogP contribution in [0.3, 0.4) is 0 Å². The van der Waals surface area contributed by atoms with Gasteiger partial charge in [-0.2, -0.15) is 0 Å². The number of hydrogen-bond donors (Lipinski definition) is 2. The van der Waals surface area contributed by atoms with Crippen molar-refractivity contribution in [2.24, 2.45) is 5.92 Å². The second-order valence-corrected chi connectivity index (χ2v) is 9.69. The van der Waals surface area contributed by atoms with Crippen molar-refractivity contribution in [3.8, 4) is 0 Å². The van der Waals surface area contributed by atoms with Crippen molar-refractivity contribution in [3.63, 3.8) is 0 Å². The number of amides is 1. The van der Waals surface area contributed by atoms with Gasteiger partial charge in [0, 0.05) is 5.69 Å². The second kappa shape index (κ2) is 8.20. The van der Waals surface area contributed by atoms with Crippen molar-refractivity contribution in [2.75, 3.05) is 5.32 Å². The monoisotopic (exact) mass is 381 g/mol. The van der Waals surface area contributed by atoms with E-state index in [9.17, 15) is 23.1 Å². The molecule has 1 saturated carbocycles. The smallest absolute Gasteiger partial charge is 0.336 e. The third kappa shape index (κ3) is 4.44. The van der Waals surface area contributed by atoms with E-state index >= 15 is 0 Å². The average Bonchev–Trinajstić information content (AvgIpc) is 2.56. The molecule has 1 atom stereocenters. The van der Waals surface area contributed by atoms with E-state index in [1.165, 1.54) is 6.07 Å². The molecule has 0 radical (unpaired) electrons. The first-order chi connectivity index (χ1) is 12.1. The van der Waals surface area contributed by atoms with Gasteiger partial charge in [-0.15, -0.1) is 0 Å². The van der Waals surface area contributed by atoms with Crippen molar-refractivity contribution in [2.45, 2.75) is 63.4 Å². The molecule has 0 aliphatic heterocycles. The second-order valence-electron chi connectivity index (χ2n) is 7.34. The highest BCUT2D eigenvalue weighted by molar-refractivity contribution is 7.93. The van der Waals surface area contributed by atoms with Crippen LogP contribution in [0.2, 0.25) is 0 Å². The normalized spacial score (nSPS) is 17.1. The highest BCUT2D eigenvalue weighted by Gasteiger charge is 2.41. The summed E-state index contributed by atoms with van der Waals surface area (Å²) in [7, 11) is -3.61. The van der Waals surface area contributed by atoms with E-state index < -0.39 is 32.2 Å². The highest BCUT2D eigenvalue weighted by atomic mass is 32.2. The topological polar surface area (TPSA) is 101 Å². The molecule has 144 valence electrons. The molecule has 0 bridgehead atoms. The molecule has 0 saturated heterocycles. The van der Waals surface area contributed by atoms with Gasteiger partial charge in [0.1, 0.15) is 5.25 Å². The third-order valence-electron chi connectivity index (χ3n) is 4.97.